The summed E-state index contributed by atoms with van der Waals surface area (Å²) in [5.74, 6) is 2.39. The molecule has 1 unspecified atom stereocenters. The highest BCUT2D eigenvalue weighted by atomic mass is 32.2. The minimum atomic E-state index is 0.0301. The van der Waals surface area contributed by atoms with E-state index in [4.69, 9.17) is 0 Å². The van der Waals surface area contributed by atoms with Crippen molar-refractivity contribution in [2.24, 2.45) is 5.41 Å². The van der Waals surface area contributed by atoms with Crippen molar-refractivity contribution >= 4 is 11.8 Å². The Labute approximate surface area is 66.2 Å². The van der Waals surface area contributed by atoms with Gasteiger partial charge >= 0.3 is 0 Å². The normalized spacial score (nSPS) is 37.5. The molecule has 0 amide bonds. The molecule has 2 rings (SSSR count). The summed E-state index contributed by atoms with van der Waals surface area (Å²) in [5.41, 5.74) is 0.378. The van der Waals surface area contributed by atoms with E-state index in [1.165, 1.54) is 30.8 Å². The smallest absolute Gasteiger partial charge is 0.0612 e. The van der Waals surface area contributed by atoms with E-state index in [-0.39, 0.29) is 6.10 Å². The molecule has 1 saturated carbocycles. The van der Waals surface area contributed by atoms with Gasteiger partial charge < -0.3 is 5.11 Å². The Balaban J connectivity index is 2.03. The topological polar surface area (TPSA) is 20.2 Å². The summed E-state index contributed by atoms with van der Waals surface area (Å²) >= 11 is 2.02. The molecule has 58 valence electrons. The lowest BCUT2D eigenvalue weighted by Gasteiger charge is -2.48. The van der Waals surface area contributed by atoms with Gasteiger partial charge in [-0.2, -0.15) is 11.8 Å². The molecule has 10 heavy (non-hydrogen) atoms. The zero-order valence-electron chi connectivity index (χ0n) is 6.18. The molecule has 2 heteroatoms. The minimum absolute atomic E-state index is 0.0301. The molecular formula is C8H14OS. The second kappa shape index (κ2) is 2.42. The lowest BCUT2D eigenvalue weighted by atomic mass is 9.65. The van der Waals surface area contributed by atoms with Crippen LogP contribution >= 0.6 is 11.8 Å². The fraction of sp³-hybridized carbons (Fsp3) is 1.00. The van der Waals surface area contributed by atoms with Crippen molar-refractivity contribution in [3.05, 3.63) is 0 Å². The fourth-order valence-electron chi connectivity index (χ4n) is 1.98. The van der Waals surface area contributed by atoms with Gasteiger partial charge in [0.05, 0.1) is 6.10 Å². The summed E-state index contributed by atoms with van der Waals surface area (Å²) in [6.45, 7) is 0. The summed E-state index contributed by atoms with van der Waals surface area (Å²) in [7, 11) is 0. The van der Waals surface area contributed by atoms with E-state index < -0.39 is 0 Å². The third kappa shape index (κ3) is 0.892. The van der Waals surface area contributed by atoms with Crippen molar-refractivity contribution in [2.45, 2.75) is 31.8 Å². The van der Waals surface area contributed by atoms with Gasteiger partial charge in [-0.05, 0) is 25.0 Å². The first-order valence-corrected chi connectivity index (χ1v) is 5.25. The Morgan fingerprint density at radius 1 is 1.40 bits per heavy atom. The first kappa shape index (κ1) is 6.99. The van der Waals surface area contributed by atoms with Gasteiger partial charge in [0.25, 0.3) is 0 Å². The predicted molar refractivity (Wildman–Crippen MR) is 44.2 cm³/mol. The van der Waals surface area contributed by atoms with Crippen molar-refractivity contribution in [1.82, 2.24) is 0 Å². The number of hydrogen-bond donors (Lipinski definition) is 1. The van der Waals surface area contributed by atoms with E-state index in [2.05, 4.69) is 0 Å². The van der Waals surface area contributed by atoms with Crippen LogP contribution in [0.3, 0.4) is 0 Å². The van der Waals surface area contributed by atoms with E-state index in [9.17, 15) is 5.11 Å². The molecule has 1 N–H and O–H groups in total. The molecule has 0 aromatic heterocycles. The van der Waals surface area contributed by atoms with E-state index in [1.807, 2.05) is 11.8 Å². The summed E-state index contributed by atoms with van der Waals surface area (Å²) in [6, 6.07) is 0. The second-order valence-electron chi connectivity index (χ2n) is 3.57. The first-order chi connectivity index (χ1) is 4.83. The number of hydrogen-bond acceptors (Lipinski definition) is 2. The van der Waals surface area contributed by atoms with Crippen LogP contribution in [-0.4, -0.2) is 22.7 Å². The maximum absolute atomic E-state index is 9.67. The van der Waals surface area contributed by atoms with Crippen LogP contribution in [0.5, 0.6) is 0 Å². The highest BCUT2D eigenvalue weighted by molar-refractivity contribution is 7.99. The van der Waals surface area contributed by atoms with Crippen molar-refractivity contribution in [3.8, 4) is 0 Å². The van der Waals surface area contributed by atoms with Gasteiger partial charge in [0.1, 0.15) is 0 Å². The van der Waals surface area contributed by atoms with Crippen LogP contribution in [0.1, 0.15) is 25.7 Å². The van der Waals surface area contributed by atoms with E-state index in [0.29, 0.717) is 5.41 Å². The zero-order valence-corrected chi connectivity index (χ0v) is 6.99. The number of rotatable bonds is 0. The molecule has 2 fully saturated rings. The predicted octanol–water partition coefficient (Wildman–Crippen LogP) is 1.65. The largest absolute Gasteiger partial charge is 0.392 e. The quantitative estimate of drug-likeness (QED) is 0.578. The third-order valence-electron chi connectivity index (χ3n) is 2.98. The Morgan fingerprint density at radius 2 is 2.20 bits per heavy atom. The van der Waals surface area contributed by atoms with Crippen LogP contribution in [0.25, 0.3) is 0 Å². The molecule has 1 spiro atoms. The van der Waals surface area contributed by atoms with Crippen molar-refractivity contribution in [2.75, 3.05) is 11.5 Å². The molecular weight excluding hydrogens is 144 g/mol. The van der Waals surface area contributed by atoms with Gasteiger partial charge in [0, 0.05) is 11.2 Å². The number of thioether (sulfide) groups is 1. The van der Waals surface area contributed by atoms with Gasteiger partial charge in [0.2, 0.25) is 0 Å². The standard InChI is InChI=1S/C8H14OS/c9-7-2-5-10-6-8(7)3-1-4-8/h7,9H,1-6H2. The molecule has 0 radical (unpaired) electrons. The third-order valence-corrected chi connectivity index (χ3v) is 4.28. The van der Waals surface area contributed by atoms with Crippen LogP contribution in [0, 0.1) is 5.41 Å². The van der Waals surface area contributed by atoms with Crippen LogP contribution in [0.4, 0.5) is 0 Å². The molecule has 0 aromatic carbocycles. The first-order valence-electron chi connectivity index (χ1n) is 4.09. The van der Waals surface area contributed by atoms with Crippen LogP contribution in [-0.2, 0) is 0 Å². The number of aliphatic hydroxyl groups excluding tert-OH is 1. The number of aliphatic hydroxyl groups is 1. The zero-order chi connectivity index (χ0) is 7.03. The molecule has 1 aliphatic carbocycles. The minimum Gasteiger partial charge on any atom is -0.392 e. The molecule has 1 aliphatic heterocycles. The fourth-order valence-corrected chi connectivity index (χ4v) is 3.40. The summed E-state index contributed by atoms with van der Waals surface area (Å²) in [5, 5.41) is 9.67. The maximum Gasteiger partial charge on any atom is 0.0612 e. The molecule has 1 saturated heterocycles. The van der Waals surface area contributed by atoms with Gasteiger partial charge in [-0.3, -0.25) is 0 Å². The lowest BCUT2D eigenvalue weighted by Crippen LogP contribution is -2.46. The van der Waals surface area contributed by atoms with Gasteiger partial charge in [-0.15, -0.1) is 0 Å². The lowest BCUT2D eigenvalue weighted by molar-refractivity contribution is -0.0208. The summed E-state index contributed by atoms with van der Waals surface area (Å²) in [6.07, 6.45) is 4.97. The highest BCUT2D eigenvalue weighted by Crippen LogP contribution is 2.49. The molecule has 2 aliphatic rings. The van der Waals surface area contributed by atoms with Crippen LogP contribution in [0.15, 0.2) is 0 Å². The molecule has 1 heterocycles. The Hall–Kier alpha value is 0.310. The highest BCUT2D eigenvalue weighted by Gasteiger charge is 2.44. The van der Waals surface area contributed by atoms with Gasteiger partial charge in [-0.25, -0.2) is 0 Å². The summed E-state index contributed by atoms with van der Waals surface area (Å²) in [4.78, 5) is 0. The van der Waals surface area contributed by atoms with Gasteiger partial charge in [0.15, 0.2) is 0 Å². The maximum atomic E-state index is 9.67. The average Bonchev–Trinajstić information content (AvgIpc) is 1.85. The molecule has 0 aromatic rings. The van der Waals surface area contributed by atoms with Crippen molar-refractivity contribution in [3.63, 3.8) is 0 Å². The summed E-state index contributed by atoms with van der Waals surface area (Å²) < 4.78 is 0. The van der Waals surface area contributed by atoms with E-state index in [1.54, 1.807) is 0 Å². The van der Waals surface area contributed by atoms with Crippen molar-refractivity contribution in [1.29, 1.82) is 0 Å². The Kier molecular flexibility index (Phi) is 1.69. The van der Waals surface area contributed by atoms with E-state index in [0.717, 1.165) is 6.42 Å². The van der Waals surface area contributed by atoms with Crippen LogP contribution in [0.2, 0.25) is 0 Å². The second-order valence-corrected chi connectivity index (χ2v) is 4.68. The van der Waals surface area contributed by atoms with Crippen molar-refractivity contribution < 1.29 is 5.11 Å². The SMILES string of the molecule is OC1CCSCC12CCC2. The van der Waals surface area contributed by atoms with Crippen LogP contribution < -0.4 is 0 Å². The Morgan fingerprint density at radius 3 is 2.60 bits per heavy atom. The molecule has 1 nitrogen and oxygen atoms in total. The van der Waals surface area contributed by atoms with Gasteiger partial charge in [-0.1, -0.05) is 6.42 Å². The molecule has 1 atom stereocenters. The average molecular weight is 158 g/mol. The van der Waals surface area contributed by atoms with E-state index >= 15 is 0 Å². The Bertz CT molecular complexity index is 131. The monoisotopic (exact) mass is 158 g/mol. The molecule has 0 bridgehead atoms.